The molecule has 0 amide bonds. The molecule has 4 heteroatoms. The molecule has 1 aromatic rings. The van der Waals surface area contributed by atoms with Crippen molar-refractivity contribution < 1.29 is 18.6 Å². The van der Waals surface area contributed by atoms with Crippen LogP contribution in [0.3, 0.4) is 0 Å². The molecule has 1 N–H and O–H groups in total. The van der Waals surface area contributed by atoms with Gasteiger partial charge in [0, 0.05) is 0 Å². The number of benzene rings is 1. The van der Waals surface area contributed by atoms with E-state index >= 15 is 0 Å². The Morgan fingerprint density at radius 2 is 1.82 bits per heavy atom. The van der Waals surface area contributed by atoms with Gasteiger partial charge in [0.1, 0.15) is 5.75 Å². The molecule has 0 aromatic heterocycles. The molecule has 0 spiro atoms. The van der Waals surface area contributed by atoms with Crippen LogP contribution in [0.1, 0.15) is 38.4 Å². The van der Waals surface area contributed by atoms with Crippen LogP contribution in [0.2, 0.25) is 0 Å². The van der Waals surface area contributed by atoms with E-state index in [4.69, 9.17) is 0 Å². The summed E-state index contributed by atoms with van der Waals surface area (Å²) < 4.78 is 28.1. The minimum atomic E-state index is -2.81. The molecule has 1 rings (SSSR count). The summed E-state index contributed by atoms with van der Waals surface area (Å²) in [6.45, 7) is 1.32. The van der Waals surface area contributed by atoms with E-state index in [2.05, 4.69) is 18.6 Å². The van der Waals surface area contributed by atoms with Crippen LogP contribution >= 0.6 is 0 Å². The van der Waals surface area contributed by atoms with Crippen molar-refractivity contribution in [1.82, 2.24) is 0 Å². The van der Waals surface area contributed by atoms with E-state index in [-0.39, 0.29) is 5.75 Å². The summed E-state index contributed by atoms with van der Waals surface area (Å²) in [5.74, 6) is 0.543. The van der Waals surface area contributed by atoms with Crippen molar-refractivity contribution >= 4 is 0 Å². The normalized spacial score (nSPS) is 14.7. The number of halogens is 2. The quantitative estimate of drug-likeness (QED) is 0.825. The molecule has 2 atom stereocenters. The number of aliphatic hydroxyl groups is 1. The molecule has 0 saturated heterocycles. The number of aliphatic hydroxyl groups excluding tert-OH is 1. The zero-order valence-electron chi connectivity index (χ0n) is 10.1. The van der Waals surface area contributed by atoms with Crippen molar-refractivity contribution in [1.29, 1.82) is 0 Å². The Labute approximate surface area is 100 Å². The fourth-order valence-electron chi connectivity index (χ4n) is 1.56. The van der Waals surface area contributed by atoms with Crippen molar-refractivity contribution in [2.24, 2.45) is 5.92 Å². The molecular weight excluding hydrogens is 226 g/mol. The minimum absolute atomic E-state index is 0.111. The van der Waals surface area contributed by atoms with Crippen molar-refractivity contribution in [3.8, 4) is 5.75 Å². The third kappa shape index (κ3) is 4.69. The van der Waals surface area contributed by atoms with Gasteiger partial charge in [0.25, 0.3) is 0 Å². The van der Waals surface area contributed by atoms with Gasteiger partial charge in [0.05, 0.1) is 6.10 Å². The van der Waals surface area contributed by atoms with Gasteiger partial charge in [-0.25, -0.2) is 0 Å². The topological polar surface area (TPSA) is 29.5 Å². The van der Waals surface area contributed by atoms with Gasteiger partial charge in [-0.1, -0.05) is 32.4 Å². The zero-order chi connectivity index (χ0) is 12.8. The summed E-state index contributed by atoms with van der Waals surface area (Å²) in [5.41, 5.74) is 0.729. The van der Waals surface area contributed by atoms with E-state index in [1.807, 2.05) is 0 Å². The lowest BCUT2D eigenvalue weighted by molar-refractivity contribution is -0.0498. The zero-order valence-corrected chi connectivity index (χ0v) is 10.1. The van der Waals surface area contributed by atoms with Crippen LogP contribution in [0.4, 0.5) is 8.78 Å². The Morgan fingerprint density at radius 1 is 1.24 bits per heavy atom. The number of hydrogen-bond donors (Lipinski definition) is 1. The Kier molecular flexibility index (Phi) is 5.35. The predicted molar refractivity (Wildman–Crippen MR) is 62.1 cm³/mol. The van der Waals surface area contributed by atoms with Crippen LogP contribution in [0.15, 0.2) is 24.3 Å². The summed E-state index contributed by atoms with van der Waals surface area (Å²) in [5, 5.41) is 9.91. The minimum Gasteiger partial charge on any atom is -0.435 e. The monoisotopic (exact) mass is 244 g/mol. The van der Waals surface area contributed by atoms with Crippen LogP contribution in [-0.4, -0.2) is 11.7 Å². The largest absolute Gasteiger partial charge is 0.435 e. The summed E-state index contributed by atoms with van der Waals surface area (Å²) in [7, 11) is 0. The van der Waals surface area contributed by atoms with Crippen LogP contribution in [-0.2, 0) is 0 Å². The number of hydrogen-bond acceptors (Lipinski definition) is 2. The molecule has 0 saturated carbocycles. The number of rotatable bonds is 6. The molecule has 2 nitrogen and oxygen atoms in total. The first-order chi connectivity index (χ1) is 8.02. The first kappa shape index (κ1) is 13.9. The Balaban J connectivity index is 2.60. The summed E-state index contributed by atoms with van der Waals surface area (Å²) >= 11 is 0. The van der Waals surface area contributed by atoms with E-state index in [9.17, 15) is 13.9 Å². The fraction of sp³-hybridized carbons (Fsp3) is 0.538. The van der Waals surface area contributed by atoms with Gasteiger partial charge in [-0.05, 0) is 30.0 Å². The van der Waals surface area contributed by atoms with Crippen molar-refractivity contribution in [3.63, 3.8) is 0 Å². The van der Waals surface area contributed by atoms with E-state index in [1.165, 1.54) is 12.1 Å². The van der Waals surface area contributed by atoms with Crippen LogP contribution in [0, 0.1) is 5.92 Å². The highest BCUT2D eigenvalue weighted by molar-refractivity contribution is 5.28. The standard InChI is InChI=1S/C13H18F2O2/c1-3-9(2)8-12(16)10-4-6-11(7-5-10)17-13(14)15/h4-7,9,12-13,16H,3,8H2,1-2H3. The lowest BCUT2D eigenvalue weighted by Gasteiger charge is -2.15. The van der Waals surface area contributed by atoms with Crippen LogP contribution in [0.5, 0.6) is 5.75 Å². The second-order valence-electron chi connectivity index (χ2n) is 4.21. The Bertz CT molecular complexity index is 325. The third-order valence-corrected chi connectivity index (χ3v) is 2.81. The van der Waals surface area contributed by atoms with E-state index in [1.54, 1.807) is 12.1 Å². The Morgan fingerprint density at radius 3 is 2.29 bits per heavy atom. The lowest BCUT2D eigenvalue weighted by Crippen LogP contribution is -2.05. The first-order valence-electron chi connectivity index (χ1n) is 5.75. The van der Waals surface area contributed by atoms with Crippen molar-refractivity contribution in [3.05, 3.63) is 29.8 Å². The highest BCUT2D eigenvalue weighted by Crippen LogP contribution is 2.25. The van der Waals surface area contributed by atoms with Gasteiger partial charge in [0.2, 0.25) is 0 Å². The summed E-state index contributed by atoms with van der Waals surface area (Å²) in [6.07, 6.45) is 1.13. The maximum absolute atomic E-state index is 11.9. The molecule has 0 bridgehead atoms. The molecule has 0 fully saturated rings. The molecule has 0 aliphatic heterocycles. The van der Waals surface area contributed by atoms with Crippen molar-refractivity contribution in [2.75, 3.05) is 0 Å². The number of ether oxygens (including phenoxy) is 1. The summed E-state index contributed by atoms with van der Waals surface area (Å²) in [6, 6.07) is 6.12. The van der Waals surface area contributed by atoms with Crippen LogP contribution < -0.4 is 4.74 Å². The van der Waals surface area contributed by atoms with Crippen molar-refractivity contribution in [2.45, 2.75) is 39.4 Å². The fourth-order valence-corrected chi connectivity index (χ4v) is 1.56. The van der Waals surface area contributed by atoms with Gasteiger partial charge in [-0.3, -0.25) is 0 Å². The average Bonchev–Trinajstić information content (AvgIpc) is 2.28. The molecule has 0 heterocycles. The molecular formula is C13H18F2O2. The van der Waals surface area contributed by atoms with Gasteiger partial charge in [0.15, 0.2) is 0 Å². The van der Waals surface area contributed by atoms with Gasteiger partial charge < -0.3 is 9.84 Å². The second kappa shape index (κ2) is 6.55. The van der Waals surface area contributed by atoms with Crippen LogP contribution in [0.25, 0.3) is 0 Å². The Hall–Kier alpha value is -1.16. The highest BCUT2D eigenvalue weighted by atomic mass is 19.3. The smallest absolute Gasteiger partial charge is 0.387 e. The van der Waals surface area contributed by atoms with E-state index in [0.29, 0.717) is 12.3 Å². The summed E-state index contributed by atoms with van der Waals surface area (Å²) in [4.78, 5) is 0. The first-order valence-corrected chi connectivity index (χ1v) is 5.75. The molecule has 17 heavy (non-hydrogen) atoms. The molecule has 0 aliphatic carbocycles. The molecule has 0 aliphatic rings. The van der Waals surface area contributed by atoms with Gasteiger partial charge in [-0.2, -0.15) is 8.78 Å². The van der Waals surface area contributed by atoms with Gasteiger partial charge in [-0.15, -0.1) is 0 Å². The SMILES string of the molecule is CCC(C)CC(O)c1ccc(OC(F)F)cc1. The van der Waals surface area contributed by atoms with E-state index in [0.717, 1.165) is 12.0 Å². The maximum atomic E-state index is 11.9. The molecule has 96 valence electrons. The average molecular weight is 244 g/mol. The maximum Gasteiger partial charge on any atom is 0.387 e. The molecule has 1 aromatic carbocycles. The lowest BCUT2D eigenvalue weighted by atomic mass is 9.96. The molecule has 0 radical (unpaired) electrons. The third-order valence-electron chi connectivity index (χ3n) is 2.81. The highest BCUT2D eigenvalue weighted by Gasteiger charge is 2.12. The van der Waals surface area contributed by atoms with E-state index < -0.39 is 12.7 Å². The second-order valence-corrected chi connectivity index (χ2v) is 4.21. The predicted octanol–water partition coefficient (Wildman–Crippen LogP) is 3.76. The number of alkyl halides is 2. The molecule has 2 unspecified atom stereocenters. The van der Waals surface area contributed by atoms with Gasteiger partial charge >= 0.3 is 6.61 Å².